The second-order valence-electron chi connectivity index (χ2n) is 3.65. The first kappa shape index (κ1) is 12.3. The topological polar surface area (TPSA) is 23.5 Å². The van der Waals surface area contributed by atoms with Crippen LogP contribution in [0.4, 0.5) is 5.69 Å². The van der Waals surface area contributed by atoms with Gasteiger partial charge in [-0.2, -0.15) is 0 Å². The van der Waals surface area contributed by atoms with Gasteiger partial charge in [0.25, 0.3) is 0 Å². The van der Waals surface area contributed by atoms with E-state index in [4.69, 9.17) is 16.7 Å². The molecule has 1 aromatic carbocycles. The van der Waals surface area contributed by atoms with Gasteiger partial charge >= 0.3 is 0 Å². The summed E-state index contributed by atoms with van der Waals surface area (Å²) in [4.78, 5) is 2.19. The molecule has 0 saturated heterocycles. The van der Waals surface area contributed by atoms with Crippen molar-refractivity contribution in [3.8, 4) is 0 Å². The molecule has 15 heavy (non-hydrogen) atoms. The van der Waals surface area contributed by atoms with Crippen LogP contribution >= 0.6 is 11.6 Å². The highest BCUT2D eigenvalue weighted by Crippen LogP contribution is 2.20. The van der Waals surface area contributed by atoms with Crippen LogP contribution in [-0.4, -0.2) is 24.3 Å². The Labute approximate surface area is 96.5 Å². The maximum absolute atomic E-state index is 9.03. The van der Waals surface area contributed by atoms with E-state index in [1.807, 2.05) is 24.3 Å². The van der Waals surface area contributed by atoms with Gasteiger partial charge in [0.2, 0.25) is 0 Å². The van der Waals surface area contributed by atoms with Crippen LogP contribution < -0.4 is 4.90 Å². The van der Waals surface area contributed by atoms with E-state index in [-0.39, 0.29) is 6.61 Å². The first-order chi connectivity index (χ1) is 7.19. The molecule has 0 aliphatic carbocycles. The first-order valence-electron chi connectivity index (χ1n) is 5.32. The van der Waals surface area contributed by atoms with Crippen LogP contribution in [0.5, 0.6) is 0 Å². The number of aliphatic hydroxyl groups excluding tert-OH is 1. The quantitative estimate of drug-likeness (QED) is 0.836. The lowest BCUT2D eigenvalue weighted by Gasteiger charge is -2.30. The number of hydrogen-bond donors (Lipinski definition) is 1. The number of anilines is 1. The zero-order valence-corrected chi connectivity index (χ0v) is 10.0. The average molecular weight is 228 g/mol. The molecule has 1 atom stereocenters. The SMILES string of the molecule is CCC(C)N(CCO)c1ccc(Cl)cc1. The summed E-state index contributed by atoms with van der Waals surface area (Å²) < 4.78 is 0. The van der Waals surface area contributed by atoms with E-state index < -0.39 is 0 Å². The number of rotatable bonds is 5. The van der Waals surface area contributed by atoms with Crippen molar-refractivity contribution in [3.05, 3.63) is 29.3 Å². The van der Waals surface area contributed by atoms with Crippen LogP contribution in [0.25, 0.3) is 0 Å². The molecule has 1 N–H and O–H groups in total. The molecule has 0 aromatic heterocycles. The van der Waals surface area contributed by atoms with Crippen molar-refractivity contribution in [1.29, 1.82) is 0 Å². The molecule has 0 heterocycles. The molecule has 3 heteroatoms. The van der Waals surface area contributed by atoms with Crippen molar-refractivity contribution in [1.82, 2.24) is 0 Å². The lowest BCUT2D eigenvalue weighted by Crippen LogP contribution is -2.34. The summed E-state index contributed by atoms with van der Waals surface area (Å²) in [6.45, 7) is 5.14. The van der Waals surface area contributed by atoms with Crippen LogP contribution in [0, 0.1) is 0 Å². The van der Waals surface area contributed by atoms with Crippen molar-refractivity contribution in [2.45, 2.75) is 26.3 Å². The molecule has 1 aromatic rings. The Hall–Kier alpha value is -0.730. The molecule has 84 valence electrons. The summed E-state index contributed by atoms with van der Waals surface area (Å²) in [5.74, 6) is 0. The molecular weight excluding hydrogens is 210 g/mol. The van der Waals surface area contributed by atoms with E-state index >= 15 is 0 Å². The van der Waals surface area contributed by atoms with E-state index in [1.165, 1.54) is 0 Å². The molecular formula is C12H18ClNO. The van der Waals surface area contributed by atoms with Gasteiger partial charge in [0, 0.05) is 23.3 Å². The molecule has 1 rings (SSSR count). The number of benzene rings is 1. The predicted molar refractivity (Wildman–Crippen MR) is 65.6 cm³/mol. The smallest absolute Gasteiger partial charge is 0.0606 e. The van der Waals surface area contributed by atoms with E-state index in [0.717, 1.165) is 17.1 Å². The lowest BCUT2D eigenvalue weighted by atomic mass is 10.2. The summed E-state index contributed by atoms with van der Waals surface area (Å²) in [5, 5.41) is 9.77. The van der Waals surface area contributed by atoms with Crippen LogP contribution in [-0.2, 0) is 0 Å². The lowest BCUT2D eigenvalue weighted by molar-refractivity contribution is 0.297. The summed E-state index contributed by atoms with van der Waals surface area (Å²) in [7, 11) is 0. The maximum atomic E-state index is 9.03. The Morgan fingerprint density at radius 2 is 1.93 bits per heavy atom. The van der Waals surface area contributed by atoms with Crippen LogP contribution in [0.3, 0.4) is 0 Å². The second kappa shape index (κ2) is 5.99. The fourth-order valence-corrected chi connectivity index (χ4v) is 1.69. The van der Waals surface area contributed by atoms with Crippen LogP contribution in [0.1, 0.15) is 20.3 Å². The zero-order valence-electron chi connectivity index (χ0n) is 9.28. The van der Waals surface area contributed by atoms with Gasteiger partial charge in [0.05, 0.1) is 6.61 Å². The largest absolute Gasteiger partial charge is 0.395 e. The van der Waals surface area contributed by atoms with Crippen molar-refractivity contribution < 1.29 is 5.11 Å². The number of aliphatic hydroxyl groups is 1. The Kier molecular flexibility index (Phi) is 4.92. The maximum Gasteiger partial charge on any atom is 0.0606 e. The Bertz CT molecular complexity index is 286. The standard InChI is InChI=1S/C12H18ClNO/c1-3-10(2)14(8-9-15)12-6-4-11(13)5-7-12/h4-7,10,15H,3,8-9H2,1-2H3. The van der Waals surface area contributed by atoms with Crippen molar-refractivity contribution >= 4 is 17.3 Å². The normalized spacial score (nSPS) is 12.5. The molecule has 0 aliphatic rings. The van der Waals surface area contributed by atoms with Gasteiger partial charge in [-0.15, -0.1) is 0 Å². The third-order valence-electron chi connectivity index (χ3n) is 2.62. The van der Waals surface area contributed by atoms with Crippen LogP contribution in [0.2, 0.25) is 5.02 Å². The minimum Gasteiger partial charge on any atom is -0.395 e. The molecule has 1 unspecified atom stereocenters. The fourth-order valence-electron chi connectivity index (χ4n) is 1.56. The highest BCUT2D eigenvalue weighted by Gasteiger charge is 2.11. The van der Waals surface area contributed by atoms with Gasteiger partial charge in [-0.05, 0) is 37.6 Å². The number of halogens is 1. The highest BCUT2D eigenvalue weighted by atomic mass is 35.5. The summed E-state index contributed by atoms with van der Waals surface area (Å²) >= 11 is 5.84. The second-order valence-corrected chi connectivity index (χ2v) is 4.09. The van der Waals surface area contributed by atoms with Gasteiger partial charge in [0.15, 0.2) is 0 Å². The summed E-state index contributed by atoms with van der Waals surface area (Å²) in [6.07, 6.45) is 1.06. The van der Waals surface area contributed by atoms with Crippen molar-refractivity contribution in [2.24, 2.45) is 0 Å². The van der Waals surface area contributed by atoms with Gasteiger partial charge in [-0.1, -0.05) is 18.5 Å². The molecule has 0 aliphatic heterocycles. The minimum absolute atomic E-state index is 0.174. The molecule has 0 amide bonds. The molecule has 0 spiro atoms. The molecule has 2 nitrogen and oxygen atoms in total. The van der Waals surface area contributed by atoms with Gasteiger partial charge in [-0.25, -0.2) is 0 Å². The Balaban J connectivity index is 2.83. The van der Waals surface area contributed by atoms with Gasteiger partial charge in [-0.3, -0.25) is 0 Å². The van der Waals surface area contributed by atoms with Gasteiger partial charge < -0.3 is 10.0 Å². The third-order valence-corrected chi connectivity index (χ3v) is 2.87. The van der Waals surface area contributed by atoms with E-state index in [1.54, 1.807) is 0 Å². The third kappa shape index (κ3) is 3.40. The predicted octanol–water partition coefficient (Wildman–Crippen LogP) is 2.94. The Morgan fingerprint density at radius 3 is 2.40 bits per heavy atom. The summed E-state index contributed by atoms with van der Waals surface area (Å²) in [6, 6.07) is 8.17. The zero-order chi connectivity index (χ0) is 11.3. The van der Waals surface area contributed by atoms with E-state index in [2.05, 4.69) is 18.7 Å². The molecule has 0 bridgehead atoms. The van der Waals surface area contributed by atoms with Crippen molar-refractivity contribution in [2.75, 3.05) is 18.1 Å². The monoisotopic (exact) mass is 227 g/mol. The van der Waals surface area contributed by atoms with Gasteiger partial charge in [0.1, 0.15) is 0 Å². The molecule has 0 fully saturated rings. The average Bonchev–Trinajstić information content (AvgIpc) is 2.26. The number of hydrogen-bond acceptors (Lipinski definition) is 2. The number of nitrogens with zero attached hydrogens (tertiary/aromatic N) is 1. The first-order valence-corrected chi connectivity index (χ1v) is 5.70. The highest BCUT2D eigenvalue weighted by molar-refractivity contribution is 6.30. The Morgan fingerprint density at radius 1 is 1.33 bits per heavy atom. The summed E-state index contributed by atoms with van der Waals surface area (Å²) in [5.41, 5.74) is 1.11. The molecule has 0 radical (unpaired) electrons. The molecule has 0 saturated carbocycles. The van der Waals surface area contributed by atoms with Crippen LogP contribution in [0.15, 0.2) is 24.3 Å². The van der Waals surface area contributed by atoms with E-state index in [0.29, 0.717) is 12.6 Å². The van der Waals surface area contributed by atoms with Crippen molar-refractivity contribution in [3.63, 3.8) is 0 Å². The fraction of sp³-hybridized carbons (Fsp3) is 0.500. The van der Waals surface area contributed by atoms with E-state index in [9.17, 15) is 0 Å². The minimum atomic E-state index is 0.174.